The van der Waals surface area contributed by atoms with Crippen molar-refractivity contribution in [2.75, 3.05) is 45.2 Å². The second kappa shape index (κ2) is 12.2. The minimum atomic E-state index is 0. The summed E-state index contributed by atoms with van der Waals surface area (Å²) in [6, 6.07) is 12.3. The summed E-state index contributed by atoms with van der Waals surface area (Å²) in [5.41, 5.74) is 1.35. The molecule has 29 heavy (non-hydrogen) atoms. The number of aliphatic imine (C=N–C) groups is 1. The van der Waals surface area contributed by atoms with Gasteiger partial charge in [-0.05, 0) is 49.8 Å². The summed E-state index contributed by atoms with van der Waals surface area (Å²) < 4.78 is 5.28. The van der Waals surface area contributed by atoms with E-state index in [0.717, 1.165) is 61.9 Å². The summed E-state index contributed by atoms with van der Waals surface area (Å²) in [4.78, 5) is 9.49. The van der Waals surface area contributed by atoms with Crippen molar-refractivity contribution in [1.29, 1.82) is 0 Å². The number of para-hydroxylation sites is 1. The number of rotatable bonds is 10. The van der Waals surface area contributed by atoms with E-state index in [4.69, 9.17) is 9.73 Å². The molecule has 0 spiro atoms. The predicted molar refractivity (Wildman–Crippen MR) is 132 cm³/mol. The molecule has 0 aliphatic heterocycles. The summed E-state index contributed by atoms with van der Waals surface area (Å²) in [5, 5.41) is 11.3. The van der Waals surface area contributed by atoms with E-state index in [2.05, 4.69) is 40.0 Å². The number of benzene rings is 1. The van der Waals surface area contributed by atoms with Crippen LogP contribution in [0.3, 0.4) is 0 Å². The Labute approximate surface area is 191 Å². The highest BCUT2D eigenvalue weighted by Gasteiger charge is 2.36. The lowest BCUT2D eigenvalue weighted by molar-refractivity contribution is 0.0778. The molecule has 3 N–H and O–H groups in total. The van der Waals surface area contributed by atoms with Crippen molar-refractivity contribution in [3.63, 3.8) is 0 Å². The van der Waals surface area contributed by atoms with Gasteiger partial charge >= 0.3 is 0 Å². The fraction of sp³-hybridized carbons (Fsp3) is 0.545. The maximum absolute atomic E-state index is 5.28. The van der Waals surface area contributed by atoms with Gasteiger partial charge in [-0.1, -0.05) is 24.6 Å². The highest BCUT2D eigenvalue weighted by Crippen LogP contribution is 2.44. The molecule has 1 aromatic heterocycles. The molecule has 1 heterocycles. The Morgan fingerprint density at radius 2 is 1.97 bits per heavy atom. The first-order valence-corrected chi connectivity index (χ1v) is 10.4. The molecule has 0 radical (unpaired) electrons. The number of nitrogens with one attached hydrogen (secondary N) is 3. The van der Waals surface area contributed by atoms with Crippen LogP contribution in [0.1, 0.15) is 32.6 Å². The van der Waals surface area contributed by atoms with Crippen LogP contribution in [-0.4, -0.2) is 50.8 Å². The van der Waals surface area contributed by atoms with Crippen LogP contribution in [0, 0.1) is 5.41 Å². The Hall–Kier alpha value is -1.61. The molecule has 0 bridgehead atoms. The molecule has 2 aromatic rings. The minimum absolute atomic E-state index is 0. The molecule has 7 heteroatoms. The van der Waals surface area contributed by atoms with Crippen LogP contribution in [-0.2, 0) is 4.74 Å². The van der Waals surface area contributed by atoms with Crippen LogP contribution in [0.5, 0.6) is 0 Å². The molecule has 1 aliphatic rings. The molecule has 0 atom stereocenters. The van der Waals surface area contributed by atoms with Gasteiger partial charge in [-0.15, -0.1) is 24.0 Å². The maximum Gasteiger partial charge on any atom is 0.191 e. The lowest BCUT2D eigenvalue weighted by Gasteiger charge is -2.40. The van der Waals surface area contributed by atoms with Gasteiger partial charge in [0.15, 0.2) is 5.96 Å². The number of ether oxygens (including phenoxy) is 1. The van der Waals surface area contributed by atoms with Crippen molar-refractivity contribution >= 4 is 46.7 Å². The number of anilines is 1. The summed E-state index contributed by atoms with van der Waals surface area (Å²) >= 11 is 0. The number of hydrogen-bond donors (Lipinski definition) is 3. The molecule has 1 fully saturated rings. The minimum Gasteiger partial charge on any atom is -0.385 e. The van der Waals surface area contributed by atoms with E-state index in [1.165, 1.54) is 19.3 Å². The number of fused-ring (bicyclic) bond motifs is 1. The Balaban J connectivity index is 0.00000300. The van der Waals surface area contributed by atoms with E-state index >= 15 is 0 Å². The SMILES string of the molecule is CCNC(=NCC1(CCOC)CCC1)NCCNc1ccc2ccccc2n1.I. The molecule has 1 saturated carbocycles. The van der Waals surface area contributed by atoms with Gasteiger partial charge in [-0.2, -0.15) is 0 Å². The molecule has 1 aliphatic carbocycles. The van der Waals surface area contributed by atoms with E-state index in [0.29, 0.717) is 5.41 Å². The van der Waals surface area contributed by atoms with Crippen LogP contribution < -0.4 is 16.0 Å². The van der Waals surface area contributed by atoms with Crippen molar-refractivity contribution < 1.29 is 4.74 Å². The molecule has 160 valence electrons. The van der Waals surface area contributed by atoms with Crippen LogP contribution in [0.2, 0.25) is 0 Å². The molecular formula is C22H34IN5O. The topological polar surface area (TPSA) is 70.6 Å². The Morgan fingerprint density at radius 3 is 2.69 bits per heavy atom. The third-order valence-corrected chi connectivity index (χ3v) is 5.49. The zero-order chi connectivity index (χ0) is 19.7. The second-order valence-corrected chi connectivity index (χ2v) is 7.53. The Bertz CT molecular complexity index is 779. The van der Waals surface area contributed by atoms with Crippen molar-refractivity contribution in [3.8, 4) is 0 Å². The quantitative estimate of drug-likeness (QED) is 0.195. The fourth-order valence-corrected chi connectivity index (χ4v) is 3.61. The first-order valence-electron chi connectivity index (χ1n) is 10.4. The summed E-state index contributed by atoms with van der Waals surface area (Å²) in [6.07, 6.45) is 4.93. The van der Waals surface area contributed by atoms with Crippen LogP contribution in [0.25, 0.3) is 10.9 Å². The van der Waals surface area contributed by atoms with E-state index in [1.54, 1.807) is 7.11 Å². The molecule has 0 saturated heterocycles. The lowest BCUT2D eigenvalue weighted by atomic mass is 9.67. The molecule has 1 aromatic carbocycles. The lowest BCUT2D eigenvalue weighted by Crippen LogP contribution is -2.41. The number of pyridine rings is 1. The average Bonchev–Trinajstić information content (AvgIpc) is 2.70. The van der Waals surface area contributed by atoms with E-state index in [-0.39, 0.29) is 24.0 Å². The van der Waals surface area contributed by atoms with Crippen molar-refractivity contribution in [1.82, 2.24) is 15.6 Å². The van der Waals surface area contributed by atoms with E-state index in [1.807, 2.05) is 24.3 Å². The van der Waals surface area contributed by atoms with Gasteiger partial charge in [-0.3, -0.25) is 4.99 Å². The molecular weight excluding hydrogens is 477 g/mol. The average molecular weight is 511 g/mol. The summed E-state index contributed by atoms with van der Waals surface area (Å²) in [7, 11) is 1.78. The van der Waals surface area contributed by atoms with Gasteiger partial charge in [0.05, 0.1) is 5.52 Å². The predicted octanol–water partition coefficient (Wildman–Crippen LogP) is 4.03. The van der Waals surface area contributed by atoms with Gasteiger partial charge in [0.2, 0.25) is 0 Å². The number of nitrogens with zero attached hydrogens (tertiary/aromatic N) is 2. The summed E-state index contributed by atoms with van der Waals surface area (Å²) in [5.74, 6) is 1.79. The third kappa shape index (κ3) is 6.99. The zero-order valence-electron chi connectivity index (χ0n) is 17.5. The highest BCUT2D eigenvalue weighted by atomic mass is 127. The smallest absolute Gasteiger partial charge is 0.191 e. The van der Waals surface area contributed by atoms with Gasteiger partial charge in [0, 0.05) is 45.3 Å². The Morgan fingerprint density at radius 1 is 1.14 bits per heavy atom. The van der Waals surface area contributed by atoms with Gasteiger partial charge in [-0.25, -0.2) is 4.98 Å². The number of hydrogen-bond acceptors (Lipinski definition) is 4. The molecule has 0 amide bonds. The zero-order valence-corrected chi connectivity index (χ0v) is 19.9. The Kier molecular flexibility index (Phi) is 9.93. The second-order valence-electron chi connectivity index (χ2n) is 7.53. The van der Waals surface area contributed by atoms with E-state index < -0.39 is 0 Å². The molecule has 3 rings (SSSR count). The van der Waals surface area contributed by atoms with Crippen molar-refractivity contribution in [3.05, 3.63) is 36.4 Å². The largest absolute Gasteiger partial charge is 0.385 e. The van der Waals surface area contributed by atoms with Crippen LogP contribution in [0.15, 0.2) is 41.4 Å². The van der Waals surface area contributed by atoms with Crippen molar-refractivity contribution in [2.24, 2.45) is 10.4 Å². The van der Waals surface area contributed by atoms with Crippen LogP contribution >= 0.6 is 24.0 Å². The van der Waals surface area contributed by atoms with Crippen molar-refractivity contribution in [2.45, 2.75) is 32.6 Å². The van der Waals surface area contributed by atoms with E-state index in [9.17, 15) is 0 Å². The number of guanidine groups is 1. The maximum atomic E-state index is 5.28. The highest BCUT2D eigenvalue weighted by molar-refractivity contribution is 14.0. The number of methoxy groups -OCH3 is 1. The number of aromatic nitrogens is 1. The standard InChI is InChI=1S/C22H33N5O.HI/c1-3-23-21(26-17-22(11-6-12-22)13-16-28-2)25-15-14-24-20-10-9-18-7-4-5-8-19(18)27-20;/h4-5,7-10H,3,6,11-17H2,1-2H3,(H,24,27)(H2,23,25,26);1H. The van der Waals surface area contributed by atoms with Gasteiger partial charge < -0.3 is 20.7 Å². The normalized spacial score (nSPS) is 15.3. The molecule has 6 nitrogen and oxygen atoms in total. The first kappa shape index (κ1) is 23.7. The first-order chi connectivity index (χ1) is 13.7. The monoisotopic (exact) mass is 511 g/mol. The number of halogens is 1. The molecule has 0 unspecified atom stereocenters. The fourth-order valence-electron chi connectivity index (χ4n) is 3.61. The van der Waals surface area contributed by atoms with Crippen LogP contribution in [0.4, 0.5) is 5.82 Å². The van der Waals surface area contributed by atoms with Gasteiger partial charge in [0.1, 0.15) is 5.82 Å². The van der Waals surface area contributed by atoms with Gasteiger partial charge in [0.25, 0.3) is 0 Å². The third-order valence-electron chi connectivity index (χ3n) is 5.49. The summed E-state index contributed by atoms with van der Waals surface area (Å²) in [6.45, 7) is 6.21.